The van der Waals surface area contributed by atoms with Crippen molar-refractivity contribution in [2.45, 2.75) is 38.1 Å². The molecule has 1 fully saturated rings. The maximum absolute atomic E-state index is 11.9. The van der Waals surface area contributed by atoms with E-state index in [-0.39, 0.29) is 6.03 Å². The molecule has 1 aromatic heterocycles. The van der Waals surface area contributed by atoms with Gasteiger partial charge in [0, 0.05) is 19.7 Å². The lowest BCUT2D eigenvalue weighted by molar-refractivity contribution is 0.210. The summed E-state index contributed by atoms with van der Waals surface area (Å²) in [4.78, 5) is 16.1. The van der Waals surface area contributed by atoms with E-state index in [0.29, 0.717) is 24.9 Å². The highest BCUT2D eigenvalue weighted by Gasteiger charge is 2.15. The van der Waals surface area contributed by atoms with Gasteiger partial charge in [-0.2, -0.15) is 0 Å². The average Bonchev–Trinajstić information content (AvgIpc) is 2.50. The van der Waals surface area contributed by atoms with Crippen LogP contribution >= 0.6 is 0 Å². The quantitative estimate of drug-likeness (QED) is 0.704. The van der Waals surface area contributed by atoms with Gasteiger partial charge in [0.2, 0.25) is 0 Å². The monoisotopic (exact) mass is 292 g/mol. The molecule has 1 aromatic rings. The molecular formula is C15H24N4O2. The first-order valence-corrected chi connectivity index (χ1v) is 7.54. The zero-order valence-corrected chi connectivity index (χ0v) is 12.5. The number of ether oxygens (including phenoxy) is 1. The molecule has 1 saturated carbocycles. The molecule has 116 valence electrons. The molecule has 3 N–H and O–H groups in total. The zero-order chi connectivity index (χ0) is 14.9. The van der Waals surface area contributed by atoms with E-state index in [4.69, 9.17) is 4.74 Å². The van der Waals surface area contributed by atoms with Crippen LogP contribution in [0.1, 0.15) is 32.1 Å². The van der Waals surface area contributed by atoms with Crippen LogP contribution in [-0.4, -0.2) is 37.3 Å². The van der Waals surface area contributed by atoms with Gasteiger partial charge in [0.05, 0.1) is 18.5 Å². The Hall–Kier alpha value is -1.82. The summed E-state index contributed by atoms with van der Waals surface area (Å²) >= 11 is 0. The van der Waals surface area contributed by atoms with Gasteiger partial charge >= 0.3 is 6.03 Å². The number of urea groups is 1. The van der Waals surface area contributed by atoms with Gasteiger partial charge in [-0.05, 0) is 25.0 Å². The summed E-state index contributed by atoms with van der Waals surface area (Å²) in [5.41, 5.74) is 0.695. The van der Waals surface area contributed by atoms with Crippen LogP contribution in [0.15, 0.2) is 18.3 Å². The van der Waals surface area contributed by atoms with E-state index < -0.39 is 0 Å². The van der Waals surface area contributed by atoms with Crippen molar-refractivity contribution >= 4 is 17.5 Å². The SMILES string of the molecule is COCCNc1ccc(NC(=O)NC2CCCCC2)cn1. The van der Waals surface area contributed by atoms with E-state index in [1.807, 2.05) is 12.1 Å². The molecule has 0 aromatic carbocycles. The second kappa shape index (κ2) is 8.46. The Morgan fingerprint density at radius 3 is 2.81 bits per heavy atom. The van der Waals surface area contributed by atoms with Crippen molar-refractivity contribution in [2.24, 2.45) is 0 Å². The number of nitrogens with zero attached hydrogens (tertiary/aromatic N) is 1. The summed E-state index contributed by atoms with van der Waals surface area (Å²) in [5.74, 6) is 0.769. The Balaban J connectivity index is 1.75. The minimum Gasteiger partial charge on any atom is -0.383 e. The summed E-state index contributed by atoms with van der Waals surface area (Å²) in [6, 6.07) is 3.83. The lowest BCUT2D eigenvalue weighted by atomic mass is 9.96. The molecule has 0 atom stereocenters. The maximum atomic E-state index is 11.9. The fourth-order valence-electron chi connectivity index (χ4n) is 2.45. The van der Waals surface area contributed by atoms with Crippen molar-refractivity contribution in [2.75, 3.05) is 30.9 Å². The molecule has 1 heterocycles. The van der Waals surface area contributed by atoms with E-state index in [1.165, 1.54) is 19.3 Å². The molecule has 2 rings (SSSR count). The van der Waals surface area contributed by atoms with Gasteiger partial charge in [0.25, 0.3) is 0 Å². The molecule has 21 heavy (non-hydrogen) atoms. The summed E-state index contributed by atoms with van der Waals surface area (Å²) < 4.78 is 4.96. The van der Waals surface area contributed by atoms with E-state index in [0.717, 1.165) is 18.7 Å². The number of pyridine rings is 1. The Morgan fingerprint density at radius 2 is 2.14 bits per heavy atom. The molecule has 2 amide bonds. The Morgan fingerprint density at radius 1 is 1.33 bits per heavy atom. The van der Waals surface area contributed by atoms with Crippen molar-refractivity contribution in [3.05, 3.63) is 18.3 Å². The van der Waals surface area contributed by atoms with Gasteiger partial charge in [0.15, 0.2) is 0 Å². The molecule has 0 bridgehead atoms. The van der Waals surface area contributed by atoms with Crippen LogP contribution in [0.25, 0.3) is 0 Å². The molecule has 0 spiro atoms. The average molecular weight is 292 g/mol. The van der Waals surface area contributed by atoms with Gasteiger partial charge in [-0.25, -0.2) is 9.78 Å². The molecule has 0 unspecified atom stereocenters. The normalized spacial score (nSPS) is 15.5. The summed E-state index contributed by atoms with van der Waals surface area (Å²) in [7, 11) is 1.66. The van der Waals surface area contributed by atoms with Crippen LogP contribution in [0, 0.1) is 0 Å². The minimum atomic E-state index is -0.149. The van der Waals surface area contributed by atoms with E-state index in [9.17, 15) is 4.79 Å². The highest BCUT2D eigenvalue weighted by atomic mass is 16.5. The Labute approximate surface area is 125 Å². The van der Waals surface area contributed by atoms with Gasteiger partial charge in [-0.3, -0.25) is 0 Å². The molecule has 0 aliphatic heterocycles. The number of rotatable bonds is 6. The van der Waals surface area contributed by atoms with Gasteiger partial charge in [-0.15, -0.1) is 0 Å². The first-order valence-electron chi connectivity index (χ1n) is 7.54. The fourth-order valence-corrected chi connectivity index (χ4v) is 2.45. The smallest absolute Gasteiger partial charge is 0.319 e. The number of hydrogen-bond donors (Lipinski definition) is 3. The van der Waals surface area contributed by atoms with E-state index in [1.54, 1.807) is 13.3 Å². The third kappa shape index (κ3) is 5.59. The molecule has 1 aliphatic carbocycles. The highest BCUT2D eigenvalue weighted by molar-refractivity contribution is 5.89. The van der Waals surface area contributed by atoms with E-state index in [2.05, 4.69) is 20.9 Å². The van der Waals surface area contributed by atoms with Crippen LogP contribution in [0.4, 0.5) is 16.3 Å². The highest BCUT2D eigenvalue weighted by Crippen LogP contribution is 2.17. The number of carbonyl (C=O) groups is 1. The van der Waals surface area contributed by atoms with Gasteiger partial charge in [-0.1, -0.05) is 19.3 Å². The summed E-state index contributed by atoms with van der Waals surface area (Å²) in [6.07, 6.45) is 7.49. The summed E-state index contributed by atoms with van der Waals surface area (Å²) in [6.45, 7) is 1.34. The largest absolute Gasteiger partial charge is 0.383 e. The van der Waals surface area contributed by atoms with Gasteiger partial charge < -0.3 is 20.7 Å². The molecule has 6 heteroatoms. The number of hydrogen-bond acceptors (Lipinski definition) is 4. The van der Waals surface area contributed by atoms with Crippen molar-refractivity contribution < 1.29 is 9.53 Å². The lowest BCUT2D eigenvalue weighted by Crippen LogP contribution is -2.39. The zero-order valence-electron chi connectivity index (χ0n) is 12.5. The number of carbonyl (C=O) groups excluding carboxylic acids is 1. The topological polar surface area (TPSA) is 75.3 Å². The number of methoxy groups -OCH3 is 1. The van der Waals surface area contributed by atoms with Crippen LogP contribution in [0.5, 0.6) is 0 Å². The van der Waals surface area contributed by atoms with Crippen LogP contribution in [0.2, 0.25) is 0 Å². The molecule has 6 nitrogen and oxygen atoms in total. The third-order valence-corrected chi connectivity index (χ3v) is 3.57. The van der Waals surface area contributed by atoms with Crippen LogP contribution in [0.3, 0.4) is 0 Å². The maximum Gasteiger partial charge on any atom is 0.319 e. The standard InChI is InChI=1S/C15H24N4O2/c1-21-10-9-16-14-8-7-13(11-17-14)19-15(20)18-12-5-3-2-4-6-12/h7-8,11-12H,2-6,9-10H2,1H3,(H,16,17)(H2,18,19,20). The van der Waals surface area contributed by atoms with Crippen molar-refractivity contribution in [1.82, 2.24) is 10.3 Å². The first-order chi connectivity index (χ1) is 10.3. The third-order valence-electron chi connectivity index (χ3n) is 3.57. The van der Waals surface area contributed by atoms with Crippen molar-refractivity contribution in [3.63, 3.8) is 0 Å². The number of anilines is 2. The van der Waals surface area contributed by atoms with Crippen LogP contribution < -0.4 is 16.0 Å². The number of amides is 2. The Bertz CT molecular complexity index is 430. The van der Waals surface area contributed by atoms with Crippen molar-refractivity contribution in [1.29, 1.82) is 0 Å². The first kappa shape index (κ1) is 15.6. The fraction of sp³-hybridized carbons (Fsp3) is 0.600. The molecule has 0 radical (unpaired) electrons. The number of aromatic nitrogens is 1. The molecule has 1 aliphatic rings. The van der Waals surface area contributed by atoms with Crippen LogP contribution in [-0.2, 0) is 4.74 Å². The van der Waals surface area contributed by atoms with Gasteiger partial charge in [0.1, 0.15) is 5.82 Å². The second-order valence-electron chi connectivity index (χ2n) is 5.29. The predicted molar refractivity (Wildman–Crippen MR) is 83.6 cm³/mol. The second-order valence-corrected chi connectivity index (χ2v) is 5.29. The predicted octanol–water partition coefficient (Wildman–Crippen LogP) is 2.59. The Kier molecular flexibility index (Phi) is 6.27. The van der Waals surface area contributed by atoms with E-state index >= 15 is 0 Å². The van der Waals surface area contributed by atoms with Crippen molar-refractivity contribution in [3.8, 4) is 0 Å². The minimum absolute atomic E-state index is 0.149. The molecular weight excluding hydrogens is 268 g/mol. The summed E-state index contributed by atoms with van der Waals surface area (Å²) in [5, 5.41) is 8.96. The number of nitrogens with one attached hydrogen (secondary N) is 3. The lowest BCUT2D eigenvalue weighted by Gasteiger charge is -2.22. The molecule has 0 saturated heterocycles.